The number of aliphatic hydroxyl groups is 1. The van der Waals surface area contributed by atoms with Gasteiger partial charge in [0.1, 0.15) is 0 Å². The molecule has 0 amide bonds. The van der Waals surface area contributed by atoms with Gasteiger partial charge in [0, 0.05) is 17.3 Å². The Balaban J connectivity index is 1.72. The van der Waals surface area contributed by atoms with E-state index in [-0.39, 0.29) is 34.2 Å². The Morgan fingerprint density at radius 1 is 1.28 bits per heavy atom. The lowest BCUT2D eigenvalue weighted by Crippen LogP contribution is -2.56. The summed E-state index contributed by atoms with van der Waals surface area (Å²) in [6, 6.07) is 0. The molecule has 0 saturated heterocycles. The zero-order valence-electron chi connectivity index (χ0n) is 14.9. The number of carbonyl (C=O) groups excluding carboxylic acids is 3. The van der Waals surface area contributed by atoms with Gasteiger partial charge >= 0.3 is 0 Å². The molecule has 7 atom stereocenters. The van der Waals surface area contributed by atoms with Gasteiger partial charge in [-0.05, 0) is 61.5 Å². The highest BCUT2D eigenvalue weighted by atomic mass is 16.3. The Bertz CT molecular complexity index is 705. The Morgan fingerprint density at radius 2 is 2.04 bits per heavy atom. The molecule has 4 nitrogen and oxygen atoms in total. The van der Waals surface area contributed by atoms with Crippen LogP contribution in [0.1, 0.15) is 46.0 Å². The fourth-order valence-corrected chi connectivity index (χ4v) is 6.88. The molecule has 1 N–H and O–H groups in total. The minimum atomic E-state index is -0.516. The van der Waals surface area contributed by atoms with Gasteiger partial charge < -0.3 is 5.11 Å². The predicted octanol–water partition coefficient (Wildman–Crippen LogP) is 2.65. The molecular weight excluding hydrogens is 316 g/mol. The van der Waals surface area contributed by atoms with Crippen LogP contribution in [0.4, 0.5) is 0 Å². The maximum absolute atomic E-state index is 12.2. The second-order valence-corrected chi connectivity index (χ2v) is 8.95. The zero-order chi connectivity index (χ0) is 18.0. The van der Waals surface area contributed by atoms with E-state index in [0.29, 0.717) is 24.5 Å². The molecule has 25 heavy (non-hydrogen) atoms. The van der Waals surface area contributed by atoms with Gasteiger partial charge in [0.2, 0.25) is 0 Å². The van der Waals surface area contributed by atoms with Crippen molar-refractivity contribution in [2.75, 3.05) is 0 Å². The molecule has 0 heterocycles. The van der Waals surface area contributed by atoms with Crippen LogP contribution in [-0.2, 0) is 14.4 Å². The quantitative estimate of drug-likeness (QED) is 0.619. The van der Waals surface area contributed by atoms with Gasteiger partial charge in [0.15, 0.2) is 17.9 Å². The van der Waals surface area contributed by atoms with Crippen LogP contribution >= 0.6 is 0 Å². The Kier molecular flexibility index (Phi) is 3.70. The molecule has 7 unspecified atom stereocenters. The minimum absolute atomic E-state index is 0.0403. The number of aldehydes is 1. The number of aliphatic hydroxyl groups excluding tert-OH is 1. The number of rotatable bonds is 2. The zero-order valence-corrected chi connectivity index (χ0v) is 14.9. The normalized spacial score (nSPS) is 48.2. The van der Waals surface area contributed by atoms with Crippen molar-refractivity contribution in [1.82, 2.24) is 0 Å². The third kappa shape index (κ3) is 2.19. The topological polar surface area (TPSA) is 71.4 Å². The summed E-state index contributed by atoms with van der Waals surface area (Å²) in [6.07, 6.45) is 9.43. The van der Waals surface area contributed by atoms with Crippen LogP contribution in [0.15, 0.2) is 23.8 Å². The smallest absolute Gasteiger partial charge is 0.198 e. The van der Waals surface area contributed by atoms with Crippen LogP contribution in [0.2, 0.25) is 0 Å². The first-order valence-corrected chi connectivity index (χ1v) is 9.42. The van der Waals surface area contributed by atoms with Gasteiger partial charge in [-0.25, -0.2) is 0 Å². The Morgan fingerprint density at radius 3 is 2.76 bits per heavy atom. The monoisotopic (exact) mass is 342 g/mol. The molecular formula is C21H26O4. The Hall–Kier alpha value is -1.55. The van der Waals surface area contributed by atoms with Gasteiger partial charge in [-0.15, -0.1) is 0 Å². The lowest BCUT2D eigenvalue weighted by atomic mass is 9.46. The molecule has 4 rings (SSSR count). The van der Waals surface area contributed by atoms with Gasteiger partial charge in [0.25, 0.3) is 0 Å². The first kappa shape index (κ1) is 16.9. The second-order valence-electron chi connectivity index (χ2n) is 8.95. The number of carbonyl (C=O) groups is 3. The summed E-state index contributed by atoms with van der Waals surface area (Å²) < 4.78 is 0. The van der Waals surface area contributed by atoms with Crippen LogP contribution < -0.4 is 0 Å². The number of ketones is 2. The van der Waals surface area contributed by atoms with E-state index in [9.17, 15) is 19.5 Å². The lowest BCUT2D eigenvalue weighted by Gasteiger charge is -2.58. The predicted molar refractivity (Wildman–Crippen MR) is 92.6 cm³/mol. The molecule has 0 spiro atoms. The fourth-order valence-electron chi connectivity index (χ4n) is 6.88. The number of Topliss-reactive ketones (excluding diaryl/α,β-unsaturated/α-hetero) is 1. The van der Waals surface area contributed by atoms with Gasteiger partial charge in [0.05, 0.1) is 6.10 Å². The fraction of sp³-hybridized carbons (Fsp3) is 0.667. The third-order valence-electron chi connectivity index (χ3n) is 7.95. The van der Waals surface area contributed by atoms with Crippen molar-refractivity contribution in [3.63, 3.8) is 0 Å². The van der Waals surface area contributed by atoms with E-state index in [0.717, 1.165) is 31.3 Å². The molecule has 3 saturated carbocycles. The molecule has 134 valence electrons. The first-order valence-electron chi connectivity index (χ1n) is 9.42. The van der Waals surface area contributed by atoms with Gasteiger partial charge in [-0.2, -0.15) is 0 Å². The van der Waals surface area contributed by atoms with Crippen molar-refractivity contribution < 1.29 is 19.5 Å². The molecule has 0 bridgehead atoms. The van der Waals surface area contributed by atoms with Crippen molar-refractivity contribution in [3.05, 3.63) is 23.8 Å². The third-order valence-corrected chi connectivity index (χ3v) is 7.95. The molecule has 0 aliphatic heterocycles. The summed E-state index contributed by atoms with van der Waals surface area (Å²) in [5.41, 5.74) is 0.580. The van der Waals surface area contributed by atoms with E-state index in [1.165, 1.54) is 0 Å². The van der Waals surface area contributed by atoms with Gasteiger partial charge in [-0.1, -0.05) is 25.5 Å². The minimum Gasteiger partial charge on any atom is -0.393 e. The van der Waals surface area contributed by atoms with E-state index in [1.54, 1.807) is 12.2 Å². The highest BCUT2D eigenvalue weighted by molar-refractivity contribution is 6.26. The van der Waals surface area contributed by atoms with Gasteiger partial charge in [-0.3, -0.25) is 14.4 Å². The first-order chi connectivity index (χ1) is 11.8. The number of fused-ring (bicyclic) bond motifs is 5. The molecule has 4 aliphatic rings. The standard InChI is InChI=1S/C21H26O4/c1-20-8-7-13(23)9-12(20)3-4-14-15-5-6-16(18(25)11-22)21(15,2)10-17(24)19(14)20/h7-9,11,14-17,19,24H,3-6,10H2,1-2H3. The van der Waals surface area contributed by atoms with Crippen LogP contribution in [0.5, 0.6) is 0 Å². The molecule has 0 aromatic carbocycles. The molecule has 3 fully saturated rings. The average molecular weight is 342 g/mol. The van der Waals surface area contributed by atoms with E-state index in [1.807, 2.05) is 6.08 Å². The SMILES string of the molecule is CC12C=CC(=O)C=C1CCC1C2C(O)CC2(C)C(C(=O)C=O)CCC12. The molecule has 0 aromatic heterocycles. The maximum Gasteiger partial charge on any atom is 0.198 e. The van der Waals surface area contributed by atoms with Crippen LogP contribution in [0.25, 0.3) is 0 Å². The van der Waals surface area contributed by atoms with Crippen molar-refractivity contribution in [2.24, 2.45) is 34.5 Å². The summed E-state index contributed by atoms with van der Waals surface area (Å²) >= 11 is 0. The summed E-state index contributed by atoms with van der Waals surface area (Å²) in [7, 11) is 0. The summed E-state index contributed by atoms with van der Waals surface area (Å²) in [6.45, 7) is 4.25. The average Bonchev–Trinajstić information content (AvgIpc) is 2.91. The summed E-state index contributed by atoms with van der Waals surface area (Å²) in [5, 5.41) is 11.1. The maximum atomic E-state index is 12.2. The van der Waals surface area contributed by atoms with Crippen LogP contribution in [-0.4, -0.2) is 29.1 Å². The van der Waals surface area contributed by atoms with E-state index >= 15 is 0 Å². The van der Waals surface area contributed by atoms with E-state index in [4.69, 9.17) is 0 Å². The summed E-state index contributed by atoms with van der Waals surface area (Å²) in [5.74, 6) is 0.260. The van der Waals surface area contributed by atoms with Crippen molar-refractivity contribution in [2.45, 2.75) is 52.1 Å². The van der Waals surface area contributed by atoms with Crippen molar-refractivity contribution >= 4 is 17.9 Å². The lowest BCUT2D eigenvalue weighted by molar-refractivity contribution is -0.143. The Labute approximate surface area is 148 Å². The number of hydrogen-bond acceptors (Lipinski definition) is 4. The highest BCUT2D eigenvalue weighted by Gasteiger charge is 2.62. The molecule has 4 heteroatoms. The largest absolute Gasteiger partial charge is 0.393 e. The van der Waals surface area contributed by atoms with E-state index in [2.05, 4.69) is 13.8 Å². The number of allylic oxidation sites excluding steroid dienone is 4. The van der Waals surface area contributed by atoms with Crippen LogP contribution in [0, 0.1) is 34.5 Å². The number of hydrogen-bond donors (Lipinski definition) is 1. The second kappa shape index (κ2) is 5.47. The molecule has 4 aliphatic carbocycles. The van der Waals surface area contributed by atoms with Crippen molar-refractivity contribution in [3.8, 4) is 0 Å². The van der Waals surface area contributed by atoms with E-state index < -0.39 is 6.10 Å². The molecule has 0 radical (unpaired) electrons. The summed E-state index contributed by atoms with van der Waals surface area (Å²) in [4.78, 5) is 35.0. The van der Waals surface area contributed by atoms with Crippen LogP contribution in [0.3, 0.4) is 0 Å². The molecule has 0 aromatic rings. The van der Waals surface area contributed by atoms with Crippen molar-refractivity contribution in [1.29, 1.82) is 0 Å². The highest BCUT2D eigenvalue weighted by Crippen LogP contribution is 2.65.